The van der Waals surface area contributed by atoms with Crippen molar-refractivity contribution in [1.29, 1.82) is 0 Å². The Hall–Kier alpha value is 0.789. The fourth-order valence-electron chi connectivity index (χ4n) is 2.30. The Morgan fingerprint density at radius 3 is 1.73 bits per heavy atom. The summed E-state index contributed by atoms with van der Waals surface area (Å²) in [6.45, 7) is 2.28. The average Bonchev–Trinajstić information content (AvgIpc) is 2.86. The van der Waals surface area contributed by atoms with Gasteiger partial charge in [0.1, 0.15) is 0 Å². The van der Waals surface area contributed by atoms with Crippen LogP contribution in [-0.4, -0.2) is 19.8 Å². The SMILES string of the molecule is CCCCCCCCCCCCc1ccsc1Cl.[CH3][SnH]([CH3])[CH3]. The van der Waals surface area contributed by atoms with Crippen molar-refractivity contribution in [3.8, 4) is 0 Å². The van der Waals surface area contributed by atoms with Crippen LogP contribution in [0.2, 0.25) is 19.2 Å². The van der Waals surface area contributed by atoms with E-state index in [-0.39, 0.29) is 0 Å². The zero-order valence-corrected chi connectivity index (χ0v) is 20.2. The molecule has 0 N–H and O–H groups in total. The maximum absolute atomic E-state index is 6.08. The molecular weight excluding hydrogens is 414 g/mol. The van der Waals surface area contributed by atoms with Crippen LogP contribution in [0.25, 0.3) is 0 Å². The predicted octanol–water partition coefficient (Wildman–Crippen LogP) is 7.97. The Bertz CT molecular complexity index is 333. The van der Waals surface area contributed by atoms with E-state index in [0.29, 0.717) is 0 Å². The van der Waals surface area contributed by atoms with E-state index in [1.54, 1.807) is 11.3 Å². The molecule has 0 saturated heterocycles. The first-order valence-corrected chi connectivity index (χ1v) is 20.4. The van der Waals surface area contributed by atoms with Crippen LogP contribution in [0.5, 0.6) is 0 Å². The summed E-state index contributed by atoms with van der Waals surface area (Å²) in [6, 6.07) is 2.17. The van der Waals surface area contributed by atoms with Crippen molar-refractivity contribution in [2.24, 2.45) is 0 Å². The van der Waals surface area contributed by atoms with Gasteiger partial charge in [-0.1, -0.05) is 76.3 Å². The predicted molar refractivity (Wildman–Crippen MR) is 110 cm³/mol. The number of aryl methyl sites for hydroxylation is 1. The number of thiophene rings is 1. The summed E-state index contributed by atoms with van der Waals surface area (Å²) in [7, 11) is 0. The van der Waals surface area contributed by atoms with Gasteiger partial charge in [-0.15, -0.1) is 11.3 Å². The fraction of sp³-hybridized carbons (Fsp3) is 0.789. The molecule has 1 rings (SSSR count). The summed E-state index contributed by atoms with van der Waals surface area (Å²) >= 11 is 7.10. The molecule has 22 heavy (non-hydrogen) atoms. The van der Waals surface area contributed by atoms with E-state index in [9.17, 15) is 0 Å². The second kappa shape index (κ2) is 16.6. The second-order valence-corrected chi connectivity index (χ2v) is 18.3. The van der Waals surface area contributed by atoms with Crippen LogP contribution in [0, 0.1) is 0 Å². The molecule has 0 aliphatic heterocycles. The van der Waals surface area contributed by atoms with Crippen LogP contribution in [0.4, 0.5) is 0 Å². The van der Waals surface area contributed by atoms with Crippen LogP contribution >= 0.6 is 22.9 Å². The summed E-state index contributed by atoms with van der Waals surface area (Å²) < 4.78 is 0.992. The minimum absolute atomic E-state index is 0.637. The number of halogens is 1. The molecule has 0 nitrogen and oxygen atoms in total. The normalized spacial score (nSPS) is 10.6. The van der Waals surface area contributed by atoms with Crippen molar-refractivity contribution < 1.29 is 0 Å². The van der Waals surface area contributed by atoms with E-state index in [0.717, 1.165) is 4.34 Å². The van der Waals surface area contributed by atoms with Gasteiger partial charge in [0.25, 0.3) is 0 Å². The molecule has 0 saturated carbocycles. The van der Waals surface area contributed by atoms with Crippen molar-refractivity contribution in [2.45, 2.75) is 92.4 Å². The summed E-state index contributed by atoms with van der Waals surface area (Å²) in [5.74, 6) is 0. The topological polar surface area (TPSA) is 0 Å². The molecular formula is C19H37ClSSn. The summed E-state index contributed by atoms with van der Waals surface area (Å²) in [5.41, 5.74) is 1.35. The first-order valence-electron chi connectivity index (χ1n) is 9.29. The van der Waals surface area contributed by atoms with Gasteiger partial charge in [-0.3, -0.25) is 0 Å². The molecule has 0 aliphatic carbocycles. The Labute approximate surface area is 155 Å². The number of unbranched alkanes of at least 4 members (excludes halogenated alkanes) is 9. The molecule has 0 atom stereocenters. The van der Waals surface area contributed by atoms with Gasteiger partial charge >= 0.3 is 34.6 Å². The number of hydrogen-bond donors (Lipinski definition) is 0. The quantitative estimate of drug-likeness (QED) is 0.236. The van der Waals surface area contributed by atoms with Gasteiger partial charge in [0.15, 0.2) is 0 Å². The molecule has 0 bridgehead atoms. The standard InChI is InChI=1S/C16H27ClS.3CH3.Sn.H/c1-2-3-4-5-6-7-8-9-10-11-12-15-13-14-18-16(15)17;;;;;/h13-14H,2-12H2,1H3;3*1H3;;. The van der Waals surface area contributed by atoms with E-state index < -0.39 is 19.8 Å². The van der Waals surface area contributed by atoms with Crippen LogP contribution in [0.1, 0.15) is 76.7 Å². The molecule has 3 heteroatoms. The third-order valence-electron chi connectivity index (χ3n) is 3.49. The van der Waals surface area contributed by atoms with Crippen molar-refractivity contribution in [2.75, 3.05) is 0 Å². The molecule has 0 fully saturated rings. The van der Waals surface area contributed by atoms with Crippen LogP contribution in [0.3, 0.4) is 0 Å². The van der Waals surface area contributed by atoms with E-state index in [1.165, 1.54) is 76.2 Å². The Morgan fingerprint density at radius 2 is 1.32 bits per heavy atom. The van der Waals surface area contributed by atoms with Crippen molar-refractivity contribution in [3.63, 3.8) is 0 Å². The summed E-state index contributed by atoms with van der Waals surface area (Å²) in [4.78, 5) is 7.13. The molecule has 0 unspecified atom stereocenters. The second-order valence-electron chi connectivity index (χ2n) is 6.88. The molecule has 0 radical (unpaired) electrons. The van der Waals surface area contributed by atoms with Gasteiger partial charge in [-0.2, -0.15) is 0 Å². The zero-order chi connectivity index (χ0) is 16.6. The van der Waals surface area contributed by atoms with E-state index in [4.69, 9.17) is 11.6 Å². The van der Waals surface area contributed by atoms with E-state index in [1.807, 2.05) is 0 Å². The molecule has 0 aromatic carbocycles. The molecule has 1 aromatic rings. The first kappa shape index (κ1) is 22.8. The van der Waals surface area contributed by atoms with Gasteiger partial charge in [0.05, 0.1) is 4.34 Å². The number of hydrogen-bond acceptors (Lipinski definition) is 1. The van der Waals surface area contributed by atoms with Gasteiger partial charge < -0.3 is 0 Å². The molecule has 0 amide bonds. The minimum atomic E-state index is -0.637. The third-order valence-corrected chi connectivity index (χ3v) is 4.74. The molecule has 1 aromatic heterocycles. The van der Waals surface area contributed by atoms with Gasteiger partial charge in [-0.05, 0) is 29.9 Å². The van der Waals surface area contributed by atoms with Gasteiger partial charge in [0.2, 0.25) is 0 Å². The average molecular weight is 452 g/mol. The van der Waals surface area contributed by atoms with Crippen molar-refractivity contribution in [1.82, 2.24) is 0 Å². The van der Waals surface area contributed by atoms with E-state index >= 15 is 0 Å². The van der Waals surface area contributed by atoms with E-state index in [2.05, 4.69) is 33.2 Å². The Balaban J connectivity index is 0.000000980. The Morgan fingerprint density at radius 1 is 0.864 bits per heavy atom. The summed E-state index contributed by atoms with van der Waals surface area (Å²) in [6.07, 6.45) is 15.2. The van der Waals surface area contributed by atoms with Crippen molar-refractivity contribution in [3.05, 3.63) is 21.3 Å². The monoisotopic (exact) mass is 452 g/mol. The van der Waals surface area contributed by atoms with Crippen LogP contribution in [-0.2, 0) is 6.42 Å². The molecule has 0 aliphatic rings. The fourth-order valence-corrected chi connectivity index (χ4v) is 3.29. The Kier molecular flexibility index (Phi) is 17.2. The van der Waals surface area contributed by atoms with Crippen LogP contribution < -0.4 is 0 Å². The van der Waals surface area contributed by atoms with Crippen LogP contribution in [0.15, 0.2) is 11.4 Å². The zero-order valence-electron chi connectivity index (χ0n) is 15.3. The number of rotatable bonds is 11. The molecule has 0 spiro atoms. The summed E-state index contributed by atoms with van der Waals surface area (Å²) in [5, 5.41) is 2.09. The molecule has 1 heterocycles. The third kappa shape index (κ3) is 15.7. The maximum atomic E-state index is 6.08. The van der Waals surface area contributed by atoms with Crippen molar-refractivity contribution >= 4 is 42.7 Å². The molecule has 130 valence electrons. The first-order chi connectivity index (χ1) is 10.6. The van der Waals surface area contributed by atoms with Gasteiger partial charge in [0, 0.05) is 0 Å². The van der Waals surface area contributed by atoms with Gasteiger partial charge in [-0.25, -0.2) is 0 Å².